The zero-order valence-electron chi connectivity index (χ0n) is 10.3. The van der Waals surface area contributed by atoms with Crippen LogP contribution in [0.5, 0.6) is 5.75 Å². The fourth-order valence-electron chi connectivity index (χ4n) is 2.33. The van der Waals surface area contributed by atoms with Gasteiger partial charge in [-0.15, -0.1) is 0 Å². The molecule has 2 aromatic rings. The molecule has 2 atom stereocenters. The summed E-state index contributed by atoms with van der Waals surface area (Å²) in [6.07, 6.45) is -0.484. The zero-order valence-corrected chi connectivity index (χ0v) is 13.5. The molecule has 104 valence electrons. The predicted octanol–water partition coefficient (Wildman–Crippen LogP) is 4.91. The molecule has 0 radical (unpaired) electrons. The van der Waals surface area contributed by atoms with Gasteiger partial charge in [-0.2, -0.15) is 0 Å². The first kappa shape index (κ1) is 14.0. The monoisotopic (exact) mass is 400 g/mol. The van der Waals surface area contributed by atoms with Crippen molar-refractivity contribution in [1.29, 1.82) is 0 Å². The molecule has 0 aromatic heterocycles. The first-order valence-corrected chi connectivity index (χ1v) is 7.72. The van der Waals surface area contributed by atoms with Crippen molar-refractivity contribution in [3.05, 3.63) is 62.3 Å². The standard InChI is InChI=1S/C15H11Br2FO2/c16-11-4-1-8(5-12(11)17)14-7-13(19)10-3-2-9(18)6-15(10)20-14/h1-6,13-14,19H,7H2/t13-,14?/m1/s1. The Balaban J connectivity index is 1.96. The Morgan fingerprint density at radius 1 is 1.10 bits per heavy atom. The Kier molecular flexibility index (Phi) is 3.84. The van der Waals surface area contributed by atoms with Crippen LogP contribution in [0.3, 0.4) is 0 Å². The van der Waals surface area contributed by atoms with E-state index in [0.717, 1.165) is 14.5 Å². The molecule has 2 aromatic carbocycles. The Hall–Kier alpha value is -0.910. The molecule has 0 saturated heterocycles. The summed E-state index contributed by atoms with van der Waals surface area (Å²) in [6, 6.07) is 10.0. The van der Waals surface area contributed by atoms with Gasteiger partial charge in [-0.25, -0.2) is 4.39 Å². The third-order valence-electron chi connectivity index (χ3n) is 3.36. The van der Waals surface area contributed by atoms with E-state index in [0.29, 0.717) is 17.7 Å². The maximum Gasteiger partial charge on any atom is 0.128 e. The van der Waals surface area contributed by atoms with Gasteiger partial charge in [-0.05, 0) is 61.7 Å². The van der Waals surface area contributed by atoms with Crippen molar-refractivity contribution >= 4 is 31.9 Å². The van der Waals surface area contributed by atoms with Crippen LogP contribution in [-0.2, 0) is 0 Å². The molecule has 5 heteroatoms. The first-order valence-electron chi connectivity index (χ1n) is 6.13. The van der Waals surface area contributed by atoms with Gasteiger partial charge in [0.15, 0.2) is 0 Å². The largest absolute Gasteiger partial charge is 0.485 e. The minimum absolute atomic E-state index is 0.288. The highest BCUT2D eigenvalue weighted by Crippen LogP contribution is 2.41. The van der Waals surface area contributed by atoms with E-state index in [1.165, 1.54) is 12.1 Å². The van der Waals surface area contributed by atoms with Crippen LogP contribution in [-0.4, -0.2) is 5.11 Å². The molecule has 0 amide bonds. The van der Waals surface area contributed by atoms with Crippen molar-refractivity contribution in [2.45, 2.75) is 18.6 Å². The molecule has 0 bridgehead atoms. The smallest absolute Gasteiger partial charge is 0.128 e. The summed E-state index contributed by atoms with van der Waals surface area (Å²) >= 11 is 6.86. The molecule has 2 nitrogen and oxygen atoms in total. The molecule has 0 spiro atoms. The lowest BCUT2D eigenvalue weighted by Crippen LogP contribution is -2.19. The molecule has 20 heavy (non-hydrogen) atoms. The number of ether oxygens (including phenoxy) is 1. The third kappa shape index (κ3) is 2.62. The highest BCUT2D eigenvalue weighted by molar-refractivity contribution is 9.13. The average Bonchev–Trinajstić information content (AvgIpc) is 2.41. The van der Waals surface area contributed by atoms with Crippen molar-refractivity contribution in [2.24, 2.45) is 0 Å². The lowest BCUT2D eigenvalue weighted by molar-refractivity contribution is 0.0653. The SMILES string of the molecule is O[C@@H]1CC(c2ccc(Br)c(Br)c2)Oc2cc(F)ccc21. The highest BCUT2D eigenvalue weighted by atomic mass is 79.9. The lowest BCUT2D eigenvalue weighted by Gasteiger charge is -2.30. The van der Waals surface area contributed by atoms with E-state index >= 15 is 0 Å². The van der Waals surface area contributed by atoms with Gasteiger partial charge in [0.1, 0.15) is 17.7 Å². The van der Waals surface area contributed by atoms with Crippen LogP contribution >= 0.6 is 31.9 Å². The van der Waals surface area contributed by atoms with E-state index in [1.807, 2.05) is 18.2 Å². The fraction of sp³-hybridized carbons (Fsp3) is 0.200. The fourth-order valence-corrected chi connectivity index (χ4v) is 2.98. The Morgan fingerprint density at radius 3 is 2.65 bits per heavy atom. The van der Waals surface area contributed by atoms with Gasteiger partial charge in [0.05, 0.1) is 6.10 Å². The molecule has 1 heterocycles. The number of benzene rings is 2. The molecule has 1 unspecified atom stereocenters. The number of aliphatic hydroxyl groups is 1. The molecular weight excluding hydrogens is 391 g/mol. The quantitative estimate of drug-likeness (QED) is 0.735. The molecule has 1 N–H and O–H groups in total. The lowest BCUT2D eigenvalue weighted by atomic mass is 9.95. The van der Waals surface area contributed by atoms with Crippen LogP contribution in [0.15, 0.2) is 45.3 Å². The summed E-state index contributed by atoms with van der Waals surface area (Å²) in [5.74, 6) is 0.0429. The Bertz CT molecular complexity index is 660. The van der Waals surface area contributed by atoms with Gasteiger partial charge in [0.2, 0.25) is 0 Å². The molecule has 3 rings (SSSR count). The third-order valence-corrected chi connectivity index (χ3v) is 5.24. The second-order valence-corrected chi connectivity index (χ2v) is 6.42. The Morgan fingerprint density at radius 2 is 1.90 bits per heavy atom. The molecule has 1 aliphatic rings. The van der Waals surface area contributed by atoms with Gasteiger partial charge >= 0.3 is 0 Å². The number of rotatable bonds is 1. The highest BCUT2D eigenvalue weighted by Gasteiger charge is 2.28. The van der Waals surface area contributed by atoms with Crippen LogP contribution in [0.2, 0.25) is 0 Å². The van der Waals surface area contributed by atoms with Crippen LogP contribution < -0.4 is 4.74 Å². The summed E-state index contributed by atoms with van der Waals surface area (Å²) in [5.41, 5.74) is 1.58. The van der Waals surface area contributed by atoms with Gasteiger partial charge in [0, 0.05) is 27.0 Å². The van der Waals surface area contributed by atoms with Gasteiger partial charge in [0.25, 0.3) is 0 Å². The van der Waals surface area contributed by atoms with E-state index in [-0.39, 0.29) is 11.9 Å². The van der Waals surface area contributed by atoms with Gasteiger partial charge < -0.3 is 9.84 Å². The normalized spacial score (nSPS) is 21.2. The van der Waals surface area contributed by atoms with Crippen molar-refractivity contribution < 1.29 is 14.2 Å². The topological polar surface area (TPSA) is 29.5 Å². The zero-order chi connectivity index (χ0) is 14.3. The van der Waals surface area contributed by atoms with E-state index in [9.17, 15) is 9.50 Å². The molecule has 0 fully saturated rings. The summed E-state index contributed by atoms with van der Waals surface area (Å²) in [6.45, 7) is 0. The molecule has 0 aliphatic carbocycles. The van der Waals surface area contributed by atoms with Crippen molar-refractivity contribution in [3.63, 3.8) is 0 Å². The van der Waals surface area contributed by atoms with Crippen molar-refractivity contribution in [3.8, 4) is 5.75 Å². The minimum atomic E-state index is -0.647. The summed E-state index contributed by atoms with van der Waals surface area (Å²) in [7, 11) is 0. The van der Waals surface area contributed by atoms with Crippen molar-refractivity contribution in [1.82, 2.24) is 0 Å². The summed E-state index contributed by atoms with van der Waals surface area (Å²) < 4.78 is 21.0. The van der Waals surface area contributed by atoms with Gasteiger partial charge in [-0.1, -0.05) is 6.07 Å². The van der Waals surface area contributed by atoms with E-state index in [4.69, 9.17) is 4.74 Å². The second-order valence-electron chi connectivity index (χ2n) is 4.71. The minimum Gasteiger partial charge on any atom is -0.485 e. The van der Waals surface area contributed by atoms with Crippen LogP contribution in [0.25, 0.3) is 0 Å². The summed E-state index contributed by atoms with van der Waals surface area (Å²) in [5, 5.41) is 10.2. The number of halogens is 3. The van der Waals surface area contributed by atoms with Gasteiger partial charge in [-0.3, -0.25) is 0 Å². The molecular formula is C15H11Br2FO2. The summed E-state index contributed by atoms with van der Waals surface area (Å²) in [4.78, 5) is 0. The maximum absolute atomic E-state index is 13.3. The second kappa shape index (κ2) is 5.47. The van der Waals surface area contributed by atoms with Crippen LogP contribution in [0.4, 0.5) is 4.39 Å². The van der Waals surface area contributed by atoms with Crippen LogP contribution in [0, 0.1) is 5.82 Å². The van der Waals surface area contributed by atoms with E-state index in [2.05, 4.69) is 31.9 Å². The van der Waals surface area contributed by atoms with E-state index in [1.54, 1.807) is 6.07 Å². The average molecular weight is 402 g/mol. The number of fused-ring (bicyclic) bond motifs is 1. The predicted molar refractivity (Wildman–Crippen MR) is 81.2 cm³/mol. The Labute approximate surface area is 132 Å². The maximum atomic E-state index is 13.3. The van der Waals surface area contributed by atoms with E-state index < -0.39 is 6.10 Å². The first-order chi connectivity index (χ1) is 9.54. The van der Waals surface area contributed by atoms with Crippen LogP contribution in [0.1, 0.15) is 29.8 Å². The number of aliphatic hydroxyl groups excluding tert-OH is 1. The molecule has 0 saturated carbocycles. The number of hydrogen-bond donors (Lipinski definition) is 1. The number of hydrogen-bond acceptors (Lipinski definition) is 2. The van der Waals surface area contributed by atoms with Crippen molar-refractivity contribution in [2.75, 3.05) is 0 Å². The molecule has 1 aliphatic heterocycles.